The third kappa shape index (κ3) is 3.11. The number of nitrogens with zero attached hydrogens (tertiary/aromatic N) is 2. The second-order valence-electron chi connectivity index (χ2n) is 3.76. The first kappa shape index (κ1) is 13.1. The van der Waals surface area contributed by atoms with Gasteiger partial charge in [0.15, 0.2) is 0 Å². The molecule has 98 valence electrons. The Bertz CT molecular complexity index is 610. The number of benzene rings is 1. The average Bonchev–Trinajstić information content (AvgIpc) is 2.90. The first-order chi connectivity index (χ1) is 9.08. The van der Waals surface area contributed by atoms with Crippen LogP contribution in [0.5, 0.6) is 0 Å². The molecule has 0 fully saturated rings. The van der Waals surface area contributed by atoms with E-state index in [2.05, 4.69) is 10.4 Å². The van der Waals surface area contributed by atoms with Crippen molar-refractivity contribution in [2.75, 3.05) is 6.54 Å². The predicted octanol–water partition coefficient (Wildman–Crippen LogP) is 0.741. The molecular weight excluding hydrogens is 268 g/mol. The number of nitrogens with one attached hydrogen (secondary N) is 1. The SMILES string of the molecule is NC(=O)CNC(=O)c1cc(-n2cccn2)ccc1Cl. The van der Waals surface area contributed by atoms with Gasteiger partial charge in [0.2, 0.25) is 5.91 Å². The lowest BCUT2D eigenvalue weighted by Gasteiger charge is -2.08. The quantitative estimate of drug-likeness (QED) is 0.864. The minimum Gasteiger partial charge on any atom is -0.368 e. The van der Waals surface area contributed by atoms with Gasteiger partial charge in [0.1, 0.15) is 0 Å². The van der Waals surface area contributed by atoms with Crippen LogP contribution in [0.3, 0.4) is 0 Å². The van der Waals surface area contributed by atoms with Crippen molar-refractivity contribution < 1.29 is 9.59 Å². The lowest BCUT2D eigenvalue weighted by atomic mass is 10.2. The number of hydrogen-bond acceptors (Lipinski definition) is 3. The molecule has 0 aliphatic heterocycles. The van der Waals surface area contributed by atoms with E-state index in [0.717, 1.165) is 0 Å². The van der Waals surface area contributed by atoms with Gasteiger partial charge in [0, 0.05) is 12.4 Å². The summed E-state index contributed by atoms with van der Waals surface area (Å²) in [6, 6.07) is 6.69. The van der Waals surface area contributed by atoms with Crippen LogP contribution in [0.15, 0.2) is 36.7 Å². The molecule has 1 heterocycles. The molecule has 3 N–H and O–H groups in total. The van der Waals surface area contributed by atoms with Crippen molar-refractivity contribution in [3.63, 3.8) is 0 Å². The van der Waals surface area contributed by atoms with Gasteiger partial charge in [-0.2, -0.15) is 5.10 Å². The van der Waals surface area contributed by atoms with E-state index in [1.165, 1.54) is 0 Å². The topological polar surface area (TPSA) is 90.0 Å². The van der Waals surface area contributed by atoms with Crippen LogP contribution in [-0.2, 0) is 4.79 Å². The third-order valence-corrected chi connectivity index (χ3v) is 2.72. The van der Waals surface area contributed by atoms with Crippen molar-refractivity contribution in [2.24, 2.45) is 5.73 Å². The molecule has 0 spiro atoms. The monoisotopic (exact) mass is 278 g/mol. The van der Waals surface area contributed by atoms with Gasteiger partial charge in [-0.1, -0.05) is 11.6 Å². The molecule has 1 aromatic heterocycles. The lowest BCUT2D eigenvalue weighted by molar-refractivity contribution is -0.117. The average molecular weight is 279 g/mol. The van der Waals surface area contributed by atoms with Crippen LogP contribution in [0, 0.1) is 0 Å². The highest BCUT2D eigenvalue weighted by atomic mass is 35.5. The van der Waals surface area contributed by atoms with E-state index in [1.807, 2.05) is 0 Å². The van der Waals surface area contributed by atoms with Gasteiger partial charge in [-0.05, 0) is 24.3 Å². The van der Waals surface area contributed by atoms with E-state index in [1.54, 1.807) is 41.3 Å². The first-order valence-corrected chi connectivity index (χ1v) is 5.82. The standard InChI is InChI=1S/C12H11ClN4O2/c13-10-3-2-8(17-5-1-4-16-17)6-9(10)12(19)15-7-11(14)18/h1-6H,7H2,(H2,14,18)(H,15,19). The maximum Gasteiger partial charge on any atom is 0.253 e. The van der Waals surface area contributed by atoms with E-state index < -0.39 is 11.8 Å². The number of rotatable bonds is 4. The molecule has 2 aromatic rings. The van der Waals surface area contributed by atoms with Gasteiger partial charge in [-0.15, -0.1) is 0 Å². The van der Waals surface area contributed by atoms with Crippen molar-refractivity contribution >= 4 is 23.4 Å². The van der Waals surface area contributed by atoms with E-state index in [0.29, 0.717) is 5.69 Å². The highest BCUT2D eigenvalue weighted by molar-refractivity contribution is 6.34. The number of carbonyl (C=O) groups excluding carboxylic acids is 2. The summed E-state index contributed by atoms with van der Waals surface area (Å²) in [5, 5.41) is 6.73. The summed E-state index contributed by atoms with van der Waals surface area (Å²) in [6.07, 6.45) is 3.37. The molecule has 2 amide bonds. The lowest BCUT2D eigenvalue weighted by Crippen LogP contribution is -2.33. The Balaban J connectivity index is 2.27. The van der Waals surface area contributed by atoms with Crippen LogP contribution < -0.4 is 11.1 Å². The second kappa shape index (κ2) is 5.53. The van der Waals surface area contributed by atoms with Crippen molar-refractivity contribution in [3.05, 3.63) is 47.2 Å². The Morgan fingerprint density at radius 3 is 2.84 bits per heavy atom. The Labute approximate surface area is 114 Å². The molecule has 0 saturated heterocycles. The number of aromatic nitrogens is 2. The van der Waals surface area contributed by atoms with Crippen LogP contribution in [0.1, 0.15) is 10.4 Å². The van der Waals surface area contributed by atoms with Crippen LogP contribution >= 0.6 is 11.6 Å². The molecule has 0 unspecified atom stereocenters. The van der Waals surface area contributed by atoms with Crippen molar-refractivity contribution in [3.8, 4) is 5.69 Å². The Hall–Kier alpha value is -2.34. The summed E-state index contributed by atoms with van der Waals surface area (Å²) in [5.74, 6) is -1.08. The van der Waals surface area contributed by atoms with E-state index in [4.69, 9.17) is 17.3 Å². The number of halogens is 1. The van der Waals surface area contributed by atoms with Crippen molar-refractivity contribution in [1.29, 1.82) is 0 Å². The number of nitrogens with two attached hydrogens (primary N) is 1. The van der Waals surface area contributed by atoms with Gasteiger partial charge in [0.25, 0.3) is 5.91 Å². The summed E-state index contributed by atoms with van der Waals surface area (Å²) in [5.41, 5.74) is 5.92. The minimum atomic E-state index is -0.618. The van der Waals surface area contributed by atoms with Crippen LogP contribution in [0.25, 0.3) is 5.69 Å². The van der Waals surface area contributed by atoms with E-state index in [9.17, 15) is 9.59 Å². The van der Waals surface area contributed by atoms with Crippen molar-refractivity contribution in [1.82, 2.24) is 15.1 Å². The molecule has 0 aliphatic rings. The normalized spacial score (nSPS) is 10.2. The fraction of sp³-hybridized carbons (Fsp3) is 0.0833. The third-order valence-electron chi connectivity index (χ3n) is 2.39. The molecular formula is C12H11ClN4O2. The molecule has 0 aliphatic carbocycles. The minimum absolute atomic E-state index is 0.235. The summed E-state index contributed by atoms with van der Waals surface area (Å²) in [6.45, 7) is -0.235. The smallest absolute Gasteiger partial charge is 0.253 e. The molecule has 0 radical (unpaired) electrons. The molecule has 1 aromatic carbocycles. The van der Waals surface area contributed by atoms with Gasteiger partial charge < -0.3 is 11.1 Å². The zero-order valence-electron chi connectivity index (χ0n) is 9.84. The molecule has 0 bridgehead atoms. The molecule has 6 nitrogen and oxygen atoms in total. The van der Waals surface area contributed by atoms with Gasteiger partial charge >= 0.3 is 0 Å². The van der Waals surface area contributed by atoms with Crippen LogP contribution in [0.4, 0.5) is 0 Å². The number of hydrogen-bond donors (Lipinski definition) is 2. The summed E-state index contributed by atoms with van der Waals surface area (Å²) in [4.78, 5) is 22.5. The maximum atomic E-state index is 11.9. The van der Waals surface area contributed by atoms with E-state index in [-0.39, 0.29) is 17.1 Å². The van der Waals surface area contributed by atoms with Crippen molar-refractivity contribution in [2.45, 2.75) is 0 Å². The fourth-order valence-electron chi connectivity index (χ4n) is 1.51. The van der Waals surface area contributed by atoms with Gasteiger partial charge in [-0.25, -0.2) is 4.68 Å². The Kier molecular flexibility index (Phi) is 3.82. The Morgan fingerprint density at radius 2 is 2.21 bits per heavy atom. The zero-order valence-corrected chi connectivity index (χ0v) is 10.6. The maximum absolute atomic E-state index is 11.9. The largest absolute Gasteiger partial charge is 0.368 e. The summed E-state index contributed by atoms with van der Waals surface area (Å²) >= 11 is 5.96. The number of carbonyl (C=O) groups is 2. The van der Waals surface area contributed by atoms with Crippen LogP contribution in [0.2, 0.25) is 5.02 Å². The fourth-order valence-corrected chi connectivity index (χ4v) is 1.72. The number of amides is 2. The highest BCUT2D eigenvalue weighted by Gasteiger charge is 2.12. The second-order valence-corrected chi connectivity index (χ2v) is 4.17. The molecule has 0 saturated carbocycles. The first-order valence-electron chi connectivity index (χ1n) is 5.44. The molecule has 19 heavy (non-hydrogen) atoms. The highest BCUT2D eigenvalue weighted by Crippen LogP contribution is 2.19. The van der Waals surface area contributed by atoms with Gasteiger partial charge in [-0.3, -0.25) is 9.59 Å². The molecule has 2 rings (SSSR count). The predicted molar refractivity (Wildman–Crippen MR) is 70.1 cm³/mol. The van der Waals surface area contributed by atoms with Crippen LogP contribution in [-0.4, -0.2) is 28.1 Å². The van der Waals surface area contributed by atoms with Gasteiger partial charge in [0.05, 0.1) is 22.8 Å². The summed E-state index contributed by atoms with van der Waals surface area (Å²) < 4.78 is 1.60. The zero-order chi connectivity index (χ0) is 13.8. The molecule has 0 atom stereocenters. The number of primary amides is 1. The molecule has 7 heteroatoms. The Morgan fingerprint density at radius 1 is 1.42 bits per heavy atom. The summed E-state index contributed by atoms with van der Waals surface area (Å²) in [7, 11) is 0. The van der Waals surface area contributed by atoms with E-state index >= 15 is 0 Å².